The summed E-state index contributed by atoms with van der Waals surface area (Å²) in [5, 5.41) is 2.99. The van der Waals surface area contributed by atoms with Crippen LogP contribution in [0.25, 0.3) is 0 Å². The minimum Gasteiger partial charge on any atom is -0.372 e. The van der Waals surface area contributed by atoms with Crippen LogP contribution < -0.4 is 5.32 Å². The lowest BCUT2D eigenvalue weighted by Crippen LogP contribution is -2.47. The summed E-state index contributed by atoms with van der Waals surface area (Å²) in [6, 6.07) is 2.27. The fraction of sp³-hybridized carbons (Fsp3) is 0.571. The van der Waals surface area contributed by atoms with E-state index in [0.29, 0.717) is 17.4 Å². The first kappa shape index (κ1) is 15.3. The quantitative estimate of drug-likeness (QED) is 0.914. The summed E-state index contributed by atoms with van der Waals surface area (Å²) in [5.41, 5.74) is 0.626. The lowest BCUT2D eigenvalue weighted by atomic mass is 10.0. The lowest BCUT2D eigenvalue weighted by Gasteiger charge is -2.36. The van der Waals surface area contributed by atoms with Crippen molar-refractivity contribution in [1.82, 2.24) is 14.8 Å². The maximum Gasteiger partial charge on any atom is 0.257 e. The van der Waals surface area contributed by atoms with Crippen molar-refractivity contribution in [3.8, 4) is 0 Å². The van der Waals surface area contributed by atoms with E-state index in [4.69, 9.17) is 0 Å². The topological polar surface area (TPSA) is 48.5 Å². The molecule has 0 radical (unpaired) electrons. The van der Waals surface area contributed by atoms with Gasteiger partial charge in [-0.05, 0) is 48.9 Å². The number of aromatic nitrogens is 1. The Balaban J connectivity index is 2.20. The van der Waals surface area contributed by atoms with Gasteiger partial charge in [-0.2, -0.15) is 0 Å². The molecule has 0 aliphatic carbocycles. The normalized spacial score (nSPS) is 19.2. The monoisotopic (exact) mass is 340 g/mol. The number of nitrogens with zero attached hydrogens (tertiary/aromatic N) is 3. The number of amides is 1. The number of carbonyl (C=O) groups excluding carboxylic acids is 1. The van der Waals surface area contributed by atoms with Crippen LogP contribution >= 0.6 is 15.9 Å². The van der Waals surface area contributed by atoms with Gasteiger partial charge in [-0.1, -0.05) is 0 Å². The van der Waals surface area contributed by atoms with E-state index in [1.165, 1.54) is 0 Å². The van der Waals surface area contributed by atoms with Crippen molar-refractivity contribution in [2.75, 3.05) is 39.5 Å². The molecule has 0 saturated carbocycles. The predicted octanol–water partition coefficient (Wildman–Crippen LogP) is 2.05. The van der Waals surface area contributed by atoms with Crippen molar-refractivity contribution in [2.45, 2.75) is 18.9 Å². The highest BCUT2D eigenvalue weighted by Crippen LogP contribution is 2.22. The third-order valence-corrected chi connectivity index (χ3v) is 4.17. The number of piperidine rings is 1. The van der Waals surface area contributed by atoms with Crippen LogP contribution in [0.2, 0.25) is 0 Å². The van der Waals surface area contributed by atoms with Gasteiger partial charge in [0.25, 0.3) is 5.91 Å². The van der Waals surface area contributed by atoms with E-state index in [9.17, 15) is 4.79 Å². The Morgan fingerprint density at radius 2 is 2.30 bits per heavy atom. The molecule has 0 aromatic carbocycles. The van der Waals surface area contributed by atoms with Gasteiger partial charge in [-0.15, -0.1) is 0 Å². The van der Waals surface area contributed by atoms with Gasteiger partial charge in [0.05, 0.1) is 5.56 Å². The van der Waals surface area contributed by atoms with Gasteiger partial charge in [0.1, 0.15) is 5.82 Å². The highest BCUT2D eigenvalue weighted by molar-refractivity contribution is 9.10. The fourth-order valence-electron chi connectivity index (χ4n) is 2.53. The molecule has 20 heavy (non-hydrogen) atoms. The molecular formula is C14H21BrN4O. The Labute approximate surface area is 128 Å². The molecule has 1 amide bonds. The highest BCUT2D eigenvalue weighted by Gasteiger charge is 2.27. The summed E-state index contributed by atoms with van der Waals surface area (Å²) in [6.07, 6.45) is 3.89. The van der Waals surface area contributed by atoms with Crippen LogP contribution in [-0.2, 0) is 0 Å². The van der Waals surface area contributed by atoms with Crippen LogP contribution in [0.3, 0.4) is 0 Å². The van der Waals surface area contributed by atoms with Crippen LogP contribution in [-0.4, -0.2) is 61.0 Å². The molecule has 110 valence electrons. The minimum absolute atomic E-state index is 0.0506. The lowest BCUT2D eigenvalue weighted by molar-refractivity contribution is 0.0635. The molecule has 1 fully saturated rings. The molecule has 1 aromatic rings. The molecule has 6 heteroatoms. The average molecular weight is 341 g/mol. The number of likely N-dealkylation sites (N-methyl/N-ethyl adjacent to an activating group) is 1. The zero-order valence-corrected chi connectivity index (χ0v) is 13.8. The SMILES string of the molecule is CNc1ncc(Br)cc1C(=O)N1CCCC(N(C)C)C1. The zero-order chi connectivity index (χ0) is 14.7. The van der Waals surface area contributed by atoms with Crippen molar-refractivity contribution >= 4 is 27.7 Å². The van der Waals surface area contributed by atoms with Crippen LogP contribution in [0.4, 0.5) is 5.82 Å². The summed E-state index contributed by atoms with van der Waals surface area (Å²) in [6.45, 7) is 1.60. The summed E-state index contributed by atoms with van der Waals surface area (Å²) >= 11 is 3.38. The maximum absolute atomic E-state index is 12.7. The molecule has 1 saturated heterocycles. The summed E-state index contributed by atoms with van der Waals surface area (Å²) in [7, 11) is 5.92. The average Bonchev–Trinajstić information content (AvgIpc) is 2.46. The second kappa shape index (κ2) is 6.54. The number of nitrogens with one attached hydrogen (secondary N) is 1. The molecule has 2 rings (SSSR count). The van der Waals surface area contributed by atoms with E-state index in [-0.39, 0.29) is 5.91 Å². The Kier molecular flexibility index (Phi) is 4.99. The van der Waals surface area contributed by atoms with E-state index < -0.39 is 0 Å². The molecule has 1 atom stereocenters. The Hall–Kier alpha value is -1.14. The van der Waals surface area contributed by atoms with Crippen LogP contribution in [0.15, 0.2) is 16.7 Å². The summed E-state index contributed by atoms with van der Waals surface area (Å²) < 4.78 is 0.820. The van der Waals surface area contributed by atoms with Gasteiger partial charge in [-0.3, -0.25) is 4.79 Å². The van der Waals surface area contributed by atoms with Gasteiger partial charge in [0.2, 0.25) is 0 Å². The number of pyridine rings is 1. The van der Waals surface area contributed by atoms with Crippen molar-refractivity contribution in [3.05, 3.63) is 22.3 Å². The van der Waals surface area contributed by atoms with Crippen LogP contribution in [0.1, 0.15) is 23.2 Å². The standard InChI is InChI=1S/C14H21BrN4O/c1-16-13-12(7-10(15)8-17-13)14(20)19-6-4-5-11(9-19)18(2)3/h7-8,11H,4-6,9H2,1-3H3,(H,16,17). The van der Waals surface area contributed by atoms with E-state index in [1.807, 2.05) is 11.0 Å². The van der Waals surface area contributed by atoms with Crippen molar-refractivity contribution in [2.24, 2.45) is 0 Å². The molecular weight excluding hydrogens is 320 g/mol. The smallest absolute Gasteiger partial charge is 0.257 e. The maximum atomic E-state index is 12.7. The van der Waals surface area contributed by atoms with Crippen LogP contribution in [0, 0.1) is 0 Å². The van der Waals surface area contributed by atoms with E-state index in [0.717, 1.165) is 30.4 Å². The molecule has 1 N–H and O–H groups in total. The van der Waals surface area contributed by atoms with Gasteiger partial charge in [-0.25, -0.2) is 4.98 Å². The fourth-order valence-corrected chi connectivity index (χ4v) is 2.86. The highest BCUT2D eigenvalue weighted by atomic mass is 79.9. The molecule has 1 aliphatic heterocycles. The predicted molar refractivity (Wildman–Crippen MR) is 84.1 cm³/mol. The Bertz CT molecular complexity index is 492. The molecule has 1 aliphatic rings. The van der Waals surface area contributed by atoms with E-state index in [1.54, 1.807) is 13.2 Å². The number of rotatable bonds is 3. The number of anilines is 1. The third-order valence-electron chi connectivity index (χ3n) is 3.74. The molecule has 2 heterocycles. The first-order valence-corrected chi connectivity index (χ1v) is 7.61. The van der Waals surface area contributed by atoms with Gasteiger partial charge in [0.15, 0.2) is 0 Å². The van der Waals surface area contributed by atoms with Gasteiger partial charge < -0.3 is 15.1 Å². The molecule has 5 nitrogen and oxygen atoms in total. The number of likely N-dealkylation sites (tertiary alicyclic amines) is 1. The number of halogens is 1. The third kappa shape index (κ3) is 3.30. The first-order chi connectivity index (χ1) is 9.52. The van der Waals surface area contributed by atoms with E-state index in [2.05, 4.69) is 45.2 Å². The summed E-state index contributed by atoms with van der Waals surface area (Å²) in [4.78, 5) is 21.1. The Morgan fingerprint density at radius 3 is 2.95 bits per heavy atom. The molecule has 1 aromatic heterocycles. The second-order valence-electron chi connectivity index (χ2n) is 5.31. The first-order valence-electron chi connectivity index (χ1n) is 6.82. The largest absolute Gasteiger partial charge is 0.372 e. The minimum atomic E-state index is 0.0506. The van der Waals surface area contributed by atoms with Crippen molar-refractivity contribution in [1.29, 1.82) is 0 Å². The van der Waals surface area contributed by atoms with Gasteiger partial charge in [0, 0.05) is 36.8 Å². The van der Waals surface area contributed by atoms with E-state index >= 15 is 0 Å². The van der Waals surface area contributed by atoms with Crippen molar-refractivity contribution < 1.29 is 4.79 Å². The molecule has 0 spiro atoms. The number of hydrogen-bond acceptors (Lipinski definition) is 4. The zero-order valence-electron chi connectivity index (χ0n) is 12.2. The Morgan fingerprint density at radius 1 is 1.55 bits per heavy atom. The van der Waals surface area contributed by atoms with Crippen molar-refractivity contribution in [3.63, 3.8) is 0 Å². The molecule has 1 unspecified atom stereocenters. The summed E-state index contributed by atoms with van der Waals surface area (Å²) in [5.74, 6) is 0.680. The van der Waals surface area contributed by atoms with Crippen LogP contribution in [0.5, 0.6) is 0 Å². The van der Waals surface area contributed by atoms with Gasteiger partial charge >= 0.3 is 0 Å². The molecule has 0 bridgehead atoms. The number of hydrogen-bond donors (Lipinski definition) is 1. The second-order valence-corrected chi connectivity index (χ2v) is 6.23. The number of carbonyl (C=O) groups is 1.